The molecule has 1 amide bonds. The molecule has 0 aromatic heterocycles. The predicted molar refractivity (Wildman–Crippen MR) is 97.8 cm³/mol. The Morgan fingerprint density at radius 3 is 2.50 bits per heavy atom. The molecule has 1 aromatic carbocycles. The molecule has 0 aliphatic carbocycles. The number of hydrogen-bond donors (Lipinski definition) is 1. The van der Waals surface area contributed by atoms with Crippen molar-refractivity contribution in [2.45, 2.75) is 38.2 Å². The van der Waals surface area contributed by atoms with E-state index < -0.39 is 5.97 Å². The number of likely N-dealkylation sites (tertiary alicyclic amines) is 1. The Kier molecular flexibility index (Phi) is 6.72. The molecular weight excluding hydrogens is 322 g/mol. The van der Waals surface area contributed by atoms with Crippen molar-refractivity contribution < 1.29 is 14.7 Å². The van der Waals surface area contributed by atoms with Gasteiger partial charge in [-0.15, -0.1) is 11.8 Å². The fraction of sp³-hybridized carbons (Fsp3) is 0.579. The average Bonchev–Trinajstić information content (AvgIpc) is 2.55. The molecular formula is C19H27NO3S. The second-order valence-corrected chi connectivity index (χ2v) is 8.09. The van der Waals surface area contributed by atoms with Gasteiger partial charge in [0.1, 0.15) is 0 Å². The first-order valence-electron chi connectivity index (χ1n) is 8.57. The van der Waals surface area contributed by atoms with Gasteiger partial charge in [0.2, 0.25) is 5.91 Å². The highest BCUT2D eigenvalue weighted by Gasteiger charge is 2.36. The fourth-order valence-corrected chi connectivity index (χ4v) is 4.44. The summed E-state index contributed by atoms with van der Waals surface area (Å²) in [6, 6.07) is 10.2. The summed E-state index contributed by atoms with van der Waals surface area (Å²) in [5.74, 6) is 0.154. The van der Waals surface area contributed by atoms with Crippen LogP contribution in [0.15, 0.2) is 30.3 Å². The summed E-state index contributed by atoms with van der Waals surface area (Å²) in [5.41, 5.74) is 1.22. The number of carboxylic acids is 1. The van der Waals surface area contributed by atoms with E-state index in [0.29, 0.717) is 19.5 Å². The summed E-state index contributed by atoms with van der Waals surface area (Å²) in [5, 5.41) is 9.15. The van der Waals surface area contributed by atoms with Crippen LogP contribution in [0.3, 0.4) is 0 Å². The van der Waals surface area contributed by atoms with Gasteiger partial charge in [-0.1, -0.05) is 51.1 Å². The van der Waals surface area contributed by atoms with Crippen LogP contribution in [0.25, 0.3) is 0 Å². The molecule has 4 nitrogen and oxygen atoms in total. The summed E-state index contributed by atoms with van der Waals surface area (Å²) in [4.78, 5) is 26.0. The van der Waals surface area contributed by atoms with Crippen molar-refractivity contribution in [1.29, 1.82) is 0 Å². The molecule has 1 fully saturated rings. The Bertz CT molecular complexity index is 561. The Labute approximate surface area is 148 Å². The zero-order valence-corrected chi connectivity index (χ0v) is 15.5. The van der Waals surface area contributed by atoms with Crippen molar-refractivity contribution in [1.82, 2.24) is 4.90 Å². The van der Waals surface area contributed by atoms with Crippen LogP contribution in [0.4, 0.5) is 0 Å². The van der Waals surface area contributed by atoms with E-state index in [2.05, 4.69) is 26.0 Å². The van der Waals surface area contributed by atoms with Gasteiger partial charge in [0.05, 0.1) is 11.2 Å². The highest BCUT2D eigenvalue weighted by atomic mass is 32.2. The van der Waals surface area contributed by atoms with E-state index in [0.717, 1.165) is 5.75 Å². The number of hydrogen-bond acceptors (Lipinski definition) is 3. The molecule has 3 atom stereocenters. The van der Waals surface area contributed by atoms with Gasteiger partial charge in [-0.3, -0.25) is 9.59 Å². The lowest BCUT2D eigenvalue weighted by atomic mass is 9.86. The summed E-state index contributed by atoms with van der Waals surface area (Å²) >= 11 is 1.69. The van der Waals surface area contributed by atoms with Crippen LogP contribution in [0, 0.1) is 17.8 Å². The minimum atomic E-state index is -0.742. The Balaban J connectivity index is 1.98. The van der Waals surface area contributed by atoms with E-state index in [1.54, 1.807) is 11.8 Å². The smallest absolute Gasteiger partial charge is 0.306 e. The third kappa shape index (κ3) is 4.76. The molecule has 1 N–H and O–H groups in total. The Morgan fingerprint density at radius 1 is 1.29 bits per heavy atom. The zero-order chi connectivity index (χ0) is 17.7. The van der Waals surface area contributed by atoms with Crippen LogP contribution in [0.2, 0.25) is 0 Å². The number of carbonyl (C=O) groups excluding carboxylic acids is 1. The van der Waals surface area contributed by atoms with Crippen LogP contribution >= 0.6 is 11.8 Å². The first-order chi connectivity index (χ1) is 11.4. The zero-order valence-electron chi connectivity index (χ0n) is 14.6. The van der Waals surface area contributed by atoms with Gasteiger partial charge in [-0.2, -0.15) is 0 Å². The maximum atomic E-state index is 12.9. The highest BCUT2D eigenvalue weighted by molar-refractivity contribution is 7.99. The number of amides is 1. The third-order valence-corrected chi connectivity index (χ3v) is 6.26. The lowest BCUT2D eigenvalue weighted by molar-refractivity contribution is -0.148. The summed E-state index contributed by atoms with van der Waals surface area (Å²) in [7, 11) is 0. The highest BCUT2D eigenvalue weighted by Crippen LogP contribution is 2.29. The van der Waals surface area contributed by atoms with E-state index in [1.165, 1.54) is 5.56 Å². The van der Waals surface area contributed by atoms with E-state index >= 15 is 0 Å². The van der Waals surface area contributed by atoms with E-state index in [9.17, 15) is 14.7 Å². The van der Waals surface area contributed by atoms with Crippen LogP contribution in [0.5, 0.6) is 0 Å². The van der Waals surface area contributed by atoms with Crippen molar-refractivity contribution in [2.24, 2.45) is 17.8 Å². The predicted octanol–water partition coefficient (Wildman–Crippen LogP) is 3.51. The van der Waals surface area contributed by atoms with E-state index in [-0.39, 0.29) is 28.9 Å². The number of benzene rings is 1. The molecule has 24 heavy (non-hydrogen) atoms. The molecule has 132 valence electrons. The lowest BCUT2D eigenvalue weighted by Gasteiger charge is -2.37. The standard InChI is InChI=1S/C19H27NO3S/c1-13(2)17(24-12-15-7-5-4-6-8-15)18(21)20-10-9-16(19(22)23)14(3)11-20/h4-8,13-14,16-17H,9-12H2,1-3H3,(H,22,23). The molecule has 0 saturated carbocycles. The van der Waals surface area contributed by atoms with Crippen LogP contribution < -0.4 is 0 Å². The third-order valence-electron chi connectivity index (χ3n) is 4.66. The Morgan fingerprint density at radius 2 is 1.96 bits per heavy atom. The number of thioether (sulfide) groups is 1. The van der Waals surface area contributed by atoms with Gasteiger partial charge in [0, 0.05) is 18.8 Å². The molecule has 0 bridgehead atoms. The number of rotatable bonds is 6. The molecule has 2 rings (SSSR count). The Hall–Kier alpha value is -1.49. The van der Waals surface area contributed by atoms with Gasteiger partial charge in [-0.05, 0) is 23.8 Å². The van der Waals surface area contributed by atoms with Gasteiger partial charge >= 0.3 is 5.97 Å². The van der Waals surface area contributed by atoms with Gasteiger partial charge in [0.15, 0.2) is 0 Å². The quantitative estimate of drug-likeness (QED) is 0.854. The molecule has 0 spiro atoms. The molecule has 1 aliphatic heterocycles. The molecule has 1 aromatic rings. The lowest BCUT2D eigenvalue weighted by Crippen LogP contribution is -2.48. The minimum Gasteiger partial charge on any atom is -0.481 e. The summed E-state index contributed by atoms with van der Waals surface area (Å²) in [6.07, 6.45) is 0.552. The fourth-order valence-electron chi connectivity index (χ4n) is 3.20. The van der Waals surface area contributed by atoms with Crippen LogP contribution in [-0.2, 0) is 15.3 Å². The van der Waals surface area contributed by atoms with Crippen molar-refractivity contribution in [3.63, 3.8) is 0 Å². The number of carboxylic acid groups (broad SMARTS) is 1. The molecule has 0 radical (unpaired) electrons. The van der Waals surface area contributed by atoms with Gasteiger partial charge < -0.3 is 10.0 Å². The molecule has 5 heteroatoms. The van der Waals surface area contributed by atoms with E-state index in [1.807, 2.05) is 30.0 Å². The van der Waals surface area contributed by atoms with Crippen molar-refractivity contribution >= 4 is 23.6 Å². The number of nitrogens with zero attached hydrogens (tertiary/aromatic N) is 1. The van der Waals surface area contributed by atoms with Crippen molar-refractivity contribution in [3.05, 3.63) is 35.9 Å². The normalized spacial score (nSPS) is 22.4. The number of carbonyl (C=O) groups is 2. The minimum absolute atomic E-state index is 0.00661. The van der Waals surface area contributed by atoms with Gasteiger partial charge in [0.25, 0.3) is 0 Å². The topological polar surface area (TPSA) is 57.6 Å². The number of piperidine rings is 1. The van der Waals surface area contributed by atoms with Gasteiger partial charge in [-0.25, -0.2) is 0 Å². The SMILES string of the molecule is CC(C)C(SCc1ccccc1)C(=O)N1CCC(C(=O)O)C(C)C1. The largest absolute Gasteiger partial charge is 0.481 e. The monoisotopic (exact) mass is 349 g/mol. The maximum absolute atomic E-state index is 12.9. The summed E-state index contributed by atoms with van der Waals surface area (Å²) in [6.45, 7) is 7.18. The average molecular weight is 349 g/mol. The van der Waals surface area contributed by atoms with Crippen LogP contribution in [-0.4, -0.2) is 40.2 Å². The molecule has 3 unspecified atom stereocenters. The van der Waals surface area contributed by atoms with Crippen LogP contribution in [0.1, 0.15) is 32.8 Å². The molecule has 1 aliphatic rings. The second-order valence-electron chi connectivity index (χ2n) is 6.96. The van der Waals surface area contributed by atoms with E-state index in [4.69, 9.17) is 0 Å². The second kappa shape index (κ2) is 8.56. The summed E-state index contributed by atoms with van der Waals surface area (Å²) < 4.78 is 0. The molecule has 1 saturated heterocycles. The first-order valence-corrected chi connectivity index (χ1v) is 9.62. The molecule has 1 heterocycles. The number of aliphatic carboxylic acids is 1. The van der Waals surface area contributed by atoms with Crippen molar-refractivity contribution in [3.8, 4) is 0 Å². The maximum Gasteiger partial charge on any atom is 0.306 e. The van der Waals surface area contributed by atoms with Crippen molar-refractivity contribution in [2.75, 3.05) is 13.1 Å². The first kappa shape index (κ1) is 18.8.